The van der Waals surface area contributed by atoms with Crippen molar-refractivity contribution in [2.24, 2.45) is 0 Å². The second-order valence-electron chi connectivity index (χ2n) is 3.08. The summed E-state index contributed by atoms with van der Waals surface area (Å²) in [6, 6.07) is 5.72. The maximum absolute atomic E-state index is 9.09. The third-order valence-corrected chi connectivity index (χ3v) is 2.00. The number of aliphatic hydroxyl groups is 1. The van der Waals surface area contributed by atoms with Crippen molar-refractivity contribution in [2.75, 3.05) is 6.61 Å². The molecule has 0 spiro atoms. The number of aliphatic hydroxyl groups excluding tert-OH is 1. The van der Waals surface area contributed by atoms with Gasteiger partial charge in [0, 0.05) is 10.0 Å². The first-order valence-electron chi connectivity index (χ1n) is 4.30. The molecule has 1 rings (SSSR count). The van der Waals surface area contributed by atoms with Crippen molar-refractivity contribution < 1.29 is 9.84 Å². The van der Waals surface area contributed by atoms with Crippen molar-refractivity contribution in [1.29, 1.82) is 0 Å². The van der Waals surface area contributed by atoms with Gasteiger partial charge in [0.25, 0.3) is 0 Å². The highest BCUT2D eigenvalue weighted by Crippen LogP contribution is 2.20. The van der Waals surface area contributed by atoms with Crippen LogP contribution in [0.4, 0.5) is 0 Å². The smallest absolute Gasteiger partial charge is 0.125 e. The lowest BCUT2D eigenvalue weighted by molar-refractivity contribution is 0.269. The molecule has 0 heterocycles. The third kappa shape index (κ3) is 3.16. The minimum atomic E-state index is -0.00816. The van der Waals surface area contributed by atoms with E-state index in [1.165, 1.54) is 0 Å². The van der Waals surface area contributed by atoms with Crippen molar-refractivity contribution in [1.82, 2.24) is 0 Å². The Hall–Kier alpha value is -0.800. The van der Waals surface area contributed by atoms with Gasteiger partial charge in [-0.3, -0.25) is 0 Å². The fourth-order valence-corrected chi connectivity index (χ4v) is 1.24. The van der Waals surface area contributed by atoms with Crippen molar-refractivity contribution in [3.63, 3.8) is 0 Å². The van der Waals surface area contributed by atoms with Gasteiger partial charge >= 0.3 is 0 Å². The number of rotatable bonds is 4. The fraction of sp³-hybridized carbons (Fsp3) is 0.273. The summed E-state index contributed by atoms with van der Waals surface area (Å²) in [7, 11) is 0. The van der Waals surface area contributed by atoms with Crippen LogP contribution >= 0.6 is 15.9 Å². The minimum Gasteiger partial charge on any atom is -0.488 e. The Morgan fingerprint density at radius 2 is 2.29 bits per heavy atom. The molecule has 3 heteroatoms. The van der Waals surface area contributed by atoms with Crippen LogP contribution in [0, 0.1) is 6.92 Å². The quantitative estimate of drug-likeness (QED) is 0.898. The van der Waals surface area contributed by atoms with E-state index in [-0.39, 0.29) is 6.61 Å². The Morgan fingerprint density at radius 3 is 2.86 bits per heavy atom. The highest BCUT2D eigenvalue weighted by atomic mass is 79.9. The molecule has 0 unspecified atom stereocenters. The number of hydrogen-bond acceptors (Lipinski definition) is 2. The maximum Gasteiger partial charge on any atom is 0.125 e. The average molecular weight is 257 g/mol. The van der Waals surface area contributed by atoms with Crippen LogP contribution in [0.5, 0.6) is 5.75 Å². The molecule has 0 aliphatic heterocycles. The number of hydrogen-bond donors (Lipinski definition) is 1. The molecule has 14 heavy (non-hydrogen) atoms. The van der Waals surface area contributed by atoms with Gasteiger partial charge in [-0.1, -0.05) is 40.2 Å². The van der Waals surface area contributed by atoms with Gasteiger partial charge in [0.1, 0.15) is 12.4 Å². The summed E-state index contributed by atoms with van der Waals surface area (Å²) in [5, 5.41) is 9.09. The summed E-state index contributed by atoms with van der Waals surface area (Å²) in [5.41, 5.74) is 1.91. The molecule has 0 amide bonds. The van der Waals surface area contributed by atoms with E-state index >= 15 is 0 Å². The molecule has 76 valence electrons. The van der Waals surface area contributed by atoms with Crippen LogP contribution in [0.3, 0.4) is 0 Å². The molecule has 0 fully saturated rings. The molecule has 1 aromatic carbocycles. The Bertz CT molecular complexity index is 334. The Morgan fingerprint density at radius 1 is 1.57 bits per heavy atom. The second-order valence-corrected chi connectivity index (χ2v) is 4.20. The van der Waals surface area contributed by atoms with Crippen LogP contribution in [-0.2, 0) is 6.61 Å². The number of halogens is 1. The van der Waals surface area contributed by atoms with E-state index in [0.29, 0.717) is 12.4 Å². The fourth-order valence-electron chi connectivity index (χ4n) is 1.13. The molecular weight excluding hydrogens is 244 g/mol. The molecule has 0 bridgehead atoms. The molecule has 0 aliphatic carbocycles. The maximum atomic E-state index is 9.09. The summed E-state index contributed by atoms with van der Waals surface area (Å²) in [4.78, 5) is 0. The van der Waals surface area contributed by atoms with Crippen LogP contribution in [0.15, 0.2) is 29.3 Å². The molecule has 0 radical (unpaired) electrons. The van der Waals surface area contributed by atoms with E-state index in [1.54, 1.807) is 0 Å². The summed E-state index contributed by atoms with van der Waals surface area (Å²) in [6.45, 7) is 6.06. The lowest BCUT2D eigenvalue weighted by Gasteiger charge is -2.09. The van der Waals surface area contributed by atoms with Gasteiger partial charge in [0.05, 0.1) is 6.61 Å². The standard InChI is InChI=1S/C11H13BrO2/c1-8-3-4-11(10(5-8)6-13)14-7-9(2)12/h3-5,13H,2,6-7H2,1H3. The van der Waals surface area contributed by atoms with Crippen molar-refractivity contribution in [2.45, 2.75) is 13.5 Å². The van der Waals surface area contributed by atoms with Gasteiger partial charge in [0.15, 0.2) is 0 Å². The Balaban J connectivity index is 2.80. The van der Waals surface area contributed by atoms with Crippen LogP contribution in [0.1, 0.15) is 11.1 Å². The number of ether oxygens (including phenoxy) is 1. The van der Waals surface area contributed by atoms with Gasteiger partial charge in [-0.05, 0) is 13.0 Å². The normalized spacial score (nSPS) is 9.93. The highest BCUT2D eigenvalue weighted by Gasteiger charge is 2.02. The molecular formula is C11H13BrO2. The van der Waals surface area contributed by atoms with Crippen molar-refractivity contribution in [3.8, 4) is 5.75 Å². The lowest BCUT2D eigenvalue weighted by Crippen LogP contribution is -1.99. The van der Waals surface area contributed by atoms with E-state index in [1.807, 2.05) is 25.1 Å². The molecule has 0 atom stereocenters. The van der Waals surface area contributed by atoms with Crippen LogP contribution < -0.4 is 4.74 Å². The van der Waals surface area contributed by atoms with Gasteiger partial charge in [-0.2, -0.15) is 0 Å². The summed E-state index contributed by atoms with van der Waals surface area (Å²) in [5.74, 6) is 0.707. The van der Waals surface area contributed by atoms with E-state index in [9.17, 15) is 0 Å². The highest BCUT2D eigenvalue weighted by molar-refractivity contribution is 9.11. The Labute approximate surface area is 92.3 Å². The zero-order valence-electron chi connectivity index (χ0n) is 8.09. The van der Waals surface area contributed by atoms with Gasteiger partial charge in [-0.25, -0.2) is 0 Å². The van der Waals surface area contributed by atoms with E-state index in [2.05, 4.69) is 22.5 Å². The van der Waals surface area contributed by atoms with Gasteiger partial charge in [-0.15, -0.1) is 0 Å². The second kappa shape index (κ2) is 5.17. The van der Waals surface area contributed by atoms with E-state index < -0.39 is 0 Å². The van der Waals surface area contributed by atoms with E-state index in [4.69, 9.17) is 9.84 Å². The molecule has 0 aromatic heterocycles. The summed E-state index contributed by atoms with van der Waals surface area (Å²) < 4.78 is 6.22. The topological polar surface area (TPSA) is 29.5 Å². The average Bonchev–Trinajstić information content (AvgIpc) is 2.15. The zero-order chi connectivity index (χ0) is 10.6. The largest absolute Gasteiger partial charge is 0.488 e. The molecule has 0 aliphatic rings. The first-order chi connectivity index (χ1) is 6.63. The van der Waals surface area contributed by atoms with Crippen LogP contribution in [0.25, 0.3) is 0 Å². The van der Waals surface area contributed by atoms with Crippen molar-refractivity contribution in [3.05, 3.63) is 40.4 Å². The minimum absolute atomic E-state index is 0.00816. The summed E-state index contributed by atoms with van der Waals surface area (Å²) >= 11 is 3.21. The van der Waals surface area contributed by atoms with Crippen molar-refractivity contribution >= 4 is 15.9 Å². The molecule has 2 nitrogen and oxygen atoms in total. The predicted molar refractivity (Wildman–Crippen MR) is 60.7 cm³/mol. The zero-order valence-corrected chi connectivity index (χ0v) is 9.67. The molecule has 1 aromatic rings. The van der Waals surface area contributed by atoms with Crippen LogP contribution in [0.2, 0.25) is 0 Å². The molecule has 0 saturated carbocycles. The first kappa shape index (κ1) is 11.3. The first-order valence-corrected chi connectivity index (χ1v) is 5.09. The lowest BCUT2D eigenvalue weighted by atomic mass is 10.1. The number of benzene rings is 1. The third-order valence-electron chi connectivity index (χ3n) is 1.77. The predicted octanol–water partition coefficient (Wildman–Crippen LogP) is 2.77. The summed E-state index contributed by atoms with van der Waals surface area (Å²) in [6.07, 6.45) is 0. The molecule has 0 saturated heterocycles. The van der Waals surface area contributed by atoms with Gasteiger partial charge < -0.3 is 9.84 Å². The Kier molecular flexibility index (Phi) is 4.17. The monoisotopic (exact) mass is 256 g/mol. The van der Waals surface area contributed by atoms with E-state index in [0.717, 1.165) is 15.6 Å². The number of aryl methyl sites for hydroxylation is 1. The molecule has 1 N–H and O–H groups in total. The van der Waals surface area contributed by atoms with Gasteiger partial charge in [0.2, 0.25) is 0 Å². The van der Waals surface area contributed by atoms with Crippen LogP contribution in [-0.4, -0.2) is 11.7 Å². The SMILES string of the molecule is C=C(Br)COc1ccc(C)cc1CO.